The van der Waals surface area contributed by atoms with Crippen LogP contribution in [0.25, 0.3) is 0 Å². The van der Waals surface area contributed by atoms with Gasteiger partial charge >= 0.3 is 0 Å². The molecular formula is C14H16N2O3S. The van der Waals surface area contributed by atoms with Gasteiger partial charge < -0.3 is 5.11 Å². The number of nitrogens with zero attached hydrogens (tertiary/aromatic N) is 2. The van der Waals surface area contributed by atoms with Crippen LogP contribution < -0.4 is 4.31 Å². The zero-order valence-corrected chi connectivity index (χ0v) is 11.9. The van der Waals surface area contributed by atoms with Crippen molar-refractivity contribution in [2.45, 2.75) is 18.6 Å². The molecule has 0 unspecified atom stereocenters. The number of aliphatic hydroxyl groups excluding tert-OH is 1. The summed E-state index contributed by atoms with van der Waals surface area (Å²) >= 11 is 0. The van der Waals surface area contributed by atoms with Crippen LogP contribution in [-0.2, 0) is 16.6 Å². The minimum atomic E-state index is -3.69. The van der Waals surface area contributed by atoms with E-state index in [1.165, 1.54) is 16.6 Å². The molecule has 0 saturated heterocycles. The molecule has 1 heterocycles. The molecule has 2 aromatic rings. The highest BCUT2D eigenvalue weighted by Gasteiger charge is 2.24. The van der Waals surface area contributed by atoms with Gasteiger partial charge in [0.05, 0.1) is 12.3 Å². The zero-order chi connectivity index (χ0) is 14.6. The largest absolute Gasteiger partial charge is 0.392 e. The maximum atomic E-state index is 12.6. The summed E-state index contributed by atoms with van der Waals surface area (Å²) in [6.45, 7) is 1.92. The second-order valence-corrected chi connectivity index (χ2v) is 5.98. The molecular weight excluding hydrogens is 276 g/mol. The number of benzene rings is 1. The molecule has 1 aromatic carbocycles. The summed E-state index contributed by atoms with van der Waals surface area (Å²) in [5.74, 6) is 0. The zero-order valence-electron chi connectivity index (χ0n) is 11.1. The first-order valence-electron chi connectivity index (χ1n) is 6.23. The maximum Gasteiger partial charge on any atom is 0.281 e. The van der Waals surface area contributed by atoms with Crippen LogP contribution in [0.15, 0.2) is 53.7 Å². The molecule has 2 rings (SSSR count). The molecule has 0 aliphatic carbocycles. The molecule has 0 fully saturated rings. The van der Waals surface area contributed by atoms with Gasteiger partial charge in [0.15, 0.2) is 5.03 Å². The molecule has 5 nitrogen and oxygen atoms in total. The summed E-state index contributed by atoms with van der Waals surface area (Å²) in [6.07, 6.45) is 1.37. The third kappa shape index (κ3) is 2.81. The molecule has 0 aliphatic rings. The average molecular weight is 292 g/mol. The van der Waals surface area contributed by atoms with Crippen molar-refractivity contribution >= 4 is 15.7 Å². The van der Waals surface area contributed by atoms with Crippen molar-refractivity contribution in [3.8, 4) is 0 Å². The number of hydrogen-bond acceptors (Lipinski definition) is 4. The first-order valence-corrected chi connectivity index (χ1v) is 7.67. The first-order chi connectivity index (χ1) is 9.59. The number of pyridine rings is 1. The standard InChI is InChI=1S/C14H16N2O3S/c1-2-16(13-6-4-3-5-7-13)20(18,19)14-9-8-12(11-17)10-15-14/h3-10,17H,2,11H2,1H3. The fourth-order valence-electron chi connectivity index (χ4n) is 1.86. The summed E-state index contributed by atoms with van der Waals surface area (Å²) in [7, 11) is -3.69. The molecule has 0 aliphatic heterocycles. The van der Waals surface area contributed by atoms with E-state index in [1.54, 1.807) is 37.3 Å². The number of sulfonamides is 1. The summed E-state index contributed by atoms with van der Waals surface area (Å²) in [6, 6.07) is 11.8. The van der Waals surface area contributed by atoms with Gasteiger partial charge in [-0.1, -0.05) is 24.3 Å². The van der Waals surface area contributed by atoms with E-state index in [2.05, 4.69) is 4.98 Å². The maximum absolute atomic E-state index is 12.6. The number of aliphatic hydroxyl groups is 1. The SMILES string of the molecule is CCN(c1ccccc1)S(=O)(=O)c1ccc(CO)cn1. The Bertz CT molecular complexity index is 655. The summed E-state index contributed by atoms with van der Waals surface area (Å²) in [4.78, 5) is 3.93. The van der Waals surface area contributed by atoms with Crippen molar-refractivity contribution in [3.63, 3.8) is 0 Å². The van der Waals surface area contributed by atoms with E-state index >= 15 is 0 Å². The Morgan fingerprint density at radius 3 is 2.35 bits per heavy atom. The van der Waals surface area contributed by atoms with Crippen LogP contribution in [0.1, 0.15) is 12.5 Å². The molecule has 0 atom stereocenters. The third-order valence-electron chi connectivity index (χ3n) is 2.87. The Labute approximate surface area is 118 Å². The first kappa shape index (κ1) is 14.5. The average Bonchev–Trinajstić information content (AvgIpc) is 2.49. The molecule has 20 heavy (non-hydrogen) atoms. The van der Waals surface area contributed by atoms with E-state index in [9.17, 15) is 8.42 Å². The van der Waals surface area contributed by atoms with Gasteiger partial charge in [-0.3, -0.25) is 4.31 Å². The molecule has 106 valence electrons. The predicted octanol–water partition coefficient (Wildman–Crippen LogP) is 1.79. The van der Waals surface area contributed by atoms with Crippen molar-refractivity contribution in [1.82, 2.24) is 4.98 Å². The lowest BCUT2D eigenvalue weighted by Gasteiger charge is -2.22. The number of para-hydroxylation sites is 1. The van der Waals surface area contributed by atoms with Crippen molar-refractivity contribution in [2.75, 3.05) is 10.8 Å². The second kappa shape index (κ2) is 6.02. The van der Waals surface area contributed by atoms with Gasteiger partial charge in [0.1, 0.15) is 0 Å². The highest BCUT2D eigenvalue weighted by atomic mass is 32.2. The monoisotopic (exact) mass is 292 g/mol. The fourth-order valence-corrected chi connectivity index (χ4v) is 3.25. The Morgan fingerprint density at radius 2 is 1.85 bits per heavy atom. The van der Waals surface area contributed by atoms with Gasteiger partial charge in [-0.2, -0.15) is 8.42 Å². The van der Waals surface area contributed by atoms with Crippen LogP contribution in [-0.4, -0.2) is 25.1 Å². The molecule has 0 amide bonds. The fraction of sp³-hybridized carbons (Fsp3) is 0.214. The Kier molecular flexibility index (Phi) is 4.36. The van der Waals surface area contributed by atoms with Crippen LogP contribution in [0.4, 0.5) is 5.69 Å². The van der Waals surface area contributed by atoms with E-state index in [4.69, 9.17) is 5.11 Å². The van der Waals surface area contributed by atoms with Crippen molar-refractivity contribution in [3.05, 3.63) is 54.2 Å². The van der Waals surface area contributed by atoms with Crippen LogP contribution in [0.3, 0.4) is 0 Å². The van der Waals surface area contributed by atoms with E-state index in [-0.39, 0.29) is 11.6 Å². The van der Waals surface area contributed by atoms with E-state index in [1.807, 2.05) is 6.07 Å². The van der Waals surface area contributed by atoms with Crippen LogP contribution in [0.5, 0.6) is 0 Å². The number of anilines is 1. The van der Waals surface area contributed by atoms with E-state index in [0.717, 1.165) is 0 Å². The number of aromatic nitrogens is 1. The quantitative estimate of drug-likeness (QED) is 0.912. The molecule has 6 heteroatoms. The predicted molar refractivity (Wildman–Crippen MR) is 76.8 cm³/mol. The summed E-state index contributed by atoms with van der Waals surface area (Å²) in [5, 5.41) is 8.94. The van der Waals surface area contributed by atoms with Gasteiger partial charge in [0, 0.05) is 12.7 Å². The normalized spacial score (nSPS) is 11.3. The Hall–Kier alpha value is -1.92. The van der Waals surface area contributed by atoms with E-state index in [0.29, 0.717) is 17.8 Å². The van der Waals surface area contributed by atoms with Crippen LogP contribution in [0, 0.1) is 0 Å². The van der Waals surface area contributed by atoms with Gasteiger partial charge in [0.25, 0.3) is 10.0 Å². The van der Waals surface area contributed by atoms with Gasteiger partial charge in [-0.25, -0.2) is 4.98 Å². The van der Waals surface area contributed by atoms with Gasteiger partial charge in [0.2, 0.25) is 0 Å². The Balaban J connectivity index is 2.41. The van der Waals surface area contributed by atoms with E-state index < -0.39 is 10.0 Å². The van der Waals surface area contributed by atoms with Crippen molar-refractivity contribution in [2.24, 2.45) is 0 Å². The second-order valence-electron chi connectivity index (χ2n) is 4.17. The van der Waals surface area contributed by atoms with Crippen LogP contribution in [0.2, 0.25) is 0 Å². The van der Waals surface area contributed by atoms with Gasteiger partial charge in [-0.05, 0) is 30.7 Å². The molecule has 1 aromatic heterocycles. The minimum absolute atomic E-state index is 0.0274. The highest BCUT2D eigenvalue weighted by Crippen LogP contribution is 2.21. The molecule has 0 saturated carbocycles. The molecule has 1 N–H and O–H groups in total. The minimum Gasteiger partial charge on any atom is -0.392 e. The van der Waals surface area contributed by atoms with Crippen LogP contribution >= 0.6 is 0 Å². The number of hydrogen-bond donors (Lipinski definition) is 1. The molecule has 0 spiro atoms. The lowest BCUT2D eigenvalue weighted by Crippen LogP contribution is -2.31. The lowest BCUT2D eigenvalue weighted by atomic mass is 10.3. The summed E-state index contributed by atoms with van der Waals surface area (Å²) in [5.41, 5.74) is 1.18. The van der Waals surface area contributed by atoms with Crippen molar-refractivity contribution < 1.29 is 13.5 Å². The van der Waals surface area contributed by atoms with Gasteiger partial charge in [-0.15, -0.1) is 0 Å². The third-order valence-corrected chi connectivity index (χ3v) is 4.69. The van der Waals surface area contributed by atoms with Crippen molar-refractivity contribution in [1.29, 1.82) is 0 Å². The number of rotatable bonds is 5. The highest BCUT2D eigenvalue weighted by molar-refractivity contribution is 7.92. The molecule has 0 bridgehead atoms. The smallest absolute Gasteiger partial charge is 0.281 e. The topological polar surface area (TPSA) is 70.5 Å². The summed E-state index contributed by atoms with van der Waals surface area (Å²) < 4.78 is 26.4. The Morgan fingerprint density at radius 1 is 1.15 bits per heavy atom. The molecule has 0 radical (unpaired) electrons. The lowest BCUT2D eigenvalue weighted by molar-refractivity contribution is 0.281.